The fourth-order valence-corrected chi connectivity index (χ4v) is 5.09. The second-order valence-electron chi connectivity index (χ2n) is 8.84. The van der Waals surface area contributed by atoms with E-state index >= 15 is 0 Å². The topological polar surface area (TPSA) is 44.7 Å². The minimum atomic E-state index is -0.734. The Labute approximate surface area is 175 Å². The molecular formula is C23H27BrN2O2. The number of aliphatic hydroxyl groups is 1. The molecule has 0 amide bonds. The summed E-state index contributed by atoms with van der Waals surface area (Å²) in [6, 6.07) is 12.5. The predicted molar refractivity (Wildman–Crippen MR) is 115 cm³/mol. The van der Waals surface area contributed by atoms with Crippen LogP contribution in [0.1, 0.15) is 30.9 Å². The molecular weight excluding hydrogens is 416 g/mol. The number of hydrogen-bond acceptors (Lipinski definition) is 4. The van der Waals surface area contributed by atoms with E-state index in [2.05, 4.69) is 44.3 Å². The number of fused-ring (bicyclic) bond motifs is 1. The first-order valence-electron chi connectivity index (χ1n) is 10.3. The van der Waals surface area contributed by atoms with Crippen LogP contribution in [0.15, 0.2) is 40.9 Å². The lowest BCUT2D eigenvalue weighted by Gasteiger charge is -2.44. The lowest BCUT2D eigenvalue weighted by atomic mass is 9.85. The summed E-state index contributed by atoms with van der Waals surface area (Å²) >= 11 is 3.61. The number of nitrogens with one attached hydrogen (secondary N) is 1. The van der Waals surface area contributed by atoms with Gasteiger partial charge in [-0.3, -0.25) is 0 Å². The summed E-state index contributed by atoms with van der Waals surface area (Å²) in [7, 11) is 0. The van der Waals surface area contributed by atoms with Gasteiger partial charge in [0, 0.05) is 18.8 Å². The smallest absolute Gasteiger partial charge is 0.141 e. The number of hydrogen-bond donors (Lipinski definition) is 2. The maximum Gasteiger partial charge on any atom is 0.141 e. The SMILES string of the molecule is CC1(O)CCc2cc(Oc3ccc(N4CC(CC5CNC5)C4)cc3)c(Br)cc21. The number of halogens is 1. The normalized spacial score (nSPS) is 24.6. The second kappa shape index (κ2) is 7.05. The highest BCUT2D eigenvalue weighted by Gasteiger charge is 2.33. The Balaban J connectivity index is 1.22. The summed E-state index contributed by atoms with van der Waals surface area (Å²) in [5.74, 6) is 3.40. The molecule has 0 aromatic heterocycles. The van der Waals surface area contributed by atoms with Gasteiger partial charge in [-0.15, -0.1) is 0 Å². The number of benzene rings is 2. The van der Waals surface area contributed by atoms with Crippen LogP contribution < -0.4 is 15.0 Å². The van der Waals surface area contributed by atoms with Gasteiger partial charge in [0.2, 0.25) is 0 Å². The van der Waals surface area contributed by atoms with Gasteiger partial charge in [-0.25, -0.2) is 0 Å². The first-order chi connectivity index (χ1) is 13.5. The van der Waals surface area contributed by atoms with Crippen molar-refractivity contribution < 1.29 is 9.84 Å². The minimum Gasteiger partial charge on any atom is -0.456 e. The van der Waals surface area contributed by atoms with E-state index in [1.807, 2.05) is 25.1 Å². The van der Waals surface area contributed by atoms with Crippen molar-refractivity contribution in [2.75, 3.05) is 31.1 Å². The highest BCUT2D eigenvalue weighted by Crippen LogP contribution is 2.42. The lowest BCUT2D eigenvalue weighted by molar-refractivity contribution is 0.0594. The Morgan fingerprint density at radius 2 is 1.93 bits per heavy atom. The van der Waals surface area contributed by atoms with E-state index in [0.717, 1.165) is 46.2 Å². The van der Waals surface area contributed by atoms with Gasteiger partial charge < -0.3 is 20.1 Å². The van der Waals surface area contributed by atoms with E-state index in [-0.39, 0.29) is 0 Å². The monoisotopic (exact) mass is 442 g/mol. The molecule has 2 saturated heterocycles. The Bertz CT molecular complexity index is 871. The molecule has 0 spiro atoms. The molecule has 1 aliphatic carbocycles. The Hall–Kier alpha value is -1.56. The fraction of sp³-hybridized carbons (Fsp3) is 0.478. The molecule has 28 heavy (non-hydrogen) atoms. The van der Waals surface area contributed by atoms with Crippen molar-refractivity contribution in [1.82, 2.24) is 5.32 Å². The summed E-state index contributed by atoms with van der Waals surface area (Å²) in [6.45, 7) is 6.64. The van der Waals surface area contributed by atoms with Crippen molar-refractivity contribution in [3.05, 3.63) is 52.0 Å². The minimum absolute atomic E-state index is 0.734. The molecule has 5 heteroatoms. The molecule has 2 aromatic carbocycles. The summed E-state index contributed by atoms with van der Waals surface area (Å²) < 4.78 is 7.01. The van der Waals surface area contributed by atoms with E-state index in [1.54, 1.807) is 0 Å². The second-order valence-corrected chi connectivity index (χ2v) is 9.69. The molecule has 2 aromatic rings. The zero-order chi connectivity index (χ0) is 19.3. The zero-order valence-corrected chi connectivity index (χ0v) is 17.8. The standard InChI is InChI=1S/C23H27BrN2O2/c1-23(27)7-6-17-9-22(21(24)10-20(17)23)28-19-4-2-18(3-5-19)26-13-16(14-26)8-15-11-25-12-15/h2-5,9-10,15-16,25,27H,6-8,11-14H2,1H3. The van der Waals surface area contributed by atoms with Gasteiger partial charge >= 0.3 is 0 Å². The number of nitrogens with zero attached hydrogens (tertiary/aromatic N) is 1. The Morgan fingerprint density at radius 1 is 1.18 bits per heavy atom. The van der Waals surface area contributed by atoms with Crippen LogP contribution in [0.25, 0.3) is 0 Å². The van der Waals surface area contributed by atoms with Gasteiger partial charge in [0.05, 0.1) is 10.1 Å². The molecule has 1 unspecified atom stereocenters. The molecule has 2 heterocycles. The fourth-order valence-electron chi connectivity index (χ4n) is 4.66. The zero-order valence-electron chi connectivity index (χ0n) is 16.2. The maximum absolute atomic E-state index is 10.5. The first-order valence-corrected chi connectivity index (χ1v) is 11.1. The van der Waals surface area contributed by atoms with Crippen LogP contribution in [-0.4, -0.2) is 31.3 Å². The molecule has 2 fully saturated rings. The predicted octanol–water partition coefficient (Wildman–Crippen LogP) is 4.44. The summed E-state index contributed by atoms with van der Waals surface area (Å²) in [4.78, 5) is 2.45. The van der Waals surface area contributed by atoms with Crippen molar-refractivity contribution in [3.8, 4) is 11.5 Å². The maximum atomic E-state index is 10.5. The summed E-state index contributed by atoms with van der Waals surface area (Å²) in [5, 5.41) is 13.8. The van der Waals surface area contributed by atoms with Crippen LogP contribution in [0.3, 0.4) is 0 Å². The molecule has 3 aliphatic rings. The van der Waals surface area contributed by atoms with E-state index in [9.17, 15) is 5.11 Å². The molecule has 2 N–H and O–H groups in total. The molecule has 2 aliphatic heterocycles. The van der Waals surface area contributed by atoms with Crippen LogP contribution in [0.5, 0.6) is 11.5 Å². The van der Waals surface area contributed by atoms with Crippen LogP contribution in [-0.2, 0) is 12.0 Å². The van der Waals surface area contributed by atoms with Crippen molar-refractivity contribution in [2.24, 2.45) is 11.8 Å². The average molecular weight is 443 g/mol. The molecule has 0 saturated carbocycles. The molecule has 4 nitrogen and oxygen atoms in total. The van der Waals surface area contributed by atoms with Gasteiger partial charge in [0.15, 0.2) is 0 Å². The molecule has 0 radical (unpaired) electrons. The van der Waals surface area contributed by atoms with Gasteiger partial charge in [0.25, 0.3) is 0 Å². The number of rotatable bonds is 5. The third-order valence-corrected chi connectivity index (χ3v) is 7.16. The third-order valence-electron chi connectivity index (χ3n) is 6.54. The largest absolute Gasteiger partial charge is 0.456 e. The van der Waals surface area contributed by atoms with E-state index < -0.39 is 5.60 Å². The molecule has 148 valence electrons. The van der Waals surface area contributed by atoms with Crippen LogP contribution in [0.2, 0.25) is 0 Å². The lowest BCUT2D eigenvalue weighted by Crippen LogP contribution is -2.51. The van der Waals surface area contributed by atoms with Gasteiger partial charge in [-0.2, -0.15) is 0 Å². The van der Waals surface area contributed by atoms with E-state index in [1.165, 1.54) is 43.9 Å². The number of anilines is 1. The van der Waals surface area contributed by atoms with Gasteiger partial charge in [0.1, 0.15) is 11.5 Å². The Morgan fingerprint density at radius 3 is 2.61 bits per heavy atom. The molecule has 1 atom stereocenters. The van der Waals surface area contributed by atoms with Crippen LogP contribution in [0, 0.1) is 11.8 Å². The third kappa shape index (κ3) is 3.44. The van der Waals surface area contributed by atoms with Crippen molar-refractivity contribution in [2.45, 2.75) is 31.8 Å². The summed E-state index contributed by atoms with van der Waals surface area (Å²) in [5.41, 5.74) is 2.72. The first kappa shape index (κ1) is 18.5. The van der Waals surface area contributed by atoms with Crippen LogP contribution >= 0.6 is 15.9 Å². The highest BCUT2D eigenvalue weighted by atomic mass is 79.9. The molecule has 5 rings (SSSR count). The van der Waals surface area contributed by atoms with Crippen molar-refractivity contribution in [1.29, 1.82) is 0 Å². The summed E-state index contributed by atoms with van der Waals surface area (Å²) in [6.07, 6.45) is 3.02. The quantitative estimate of drug-likeness (QED) is 0.717. The highest BCUT2D eigenvalue weighted by molar-refractivity contribution is 9.10. The van der Waals surface area contributed by atoms with Crippen molar-refractivity contribution in [3.63, 3.8) is 0 Å². The van der Waals surface area contributed by atoms with E-state index in [0.29, 0.717) is 0 Å². The van der Waals surface area contributed by atoms with Crippen molar-refractivity contribution >= 4 is 21.6 Å². The van der Waals surface area contributed by atoms with E-state index in [4.69, 9.17) is 4.74 Å². The van der Waals surface area contributed by atoms with Crippen LogP contribution in [0.4, 0.5) is 5.69 Å². The number of ether oxygens (including phenoxy) is 1. The molecule has 0 bridgehead atoms. The average Bonchev–Trinajstić information content (AvgIpc) is 2.88. The Kier molecular flexibility index (Phi) is 4.65. The number of aryl methyl sites for hydroxylation is 1. The van der Waals surface area contributed by atoms with Gasteiger partial charge in [-0.1, -0.05) is 0 Å². The van der Waals surface area contributed by atoms with Gasteiger partial charge in [-0.05, 0) is 115 Å².